The molecule has 3 rings (SSSR count). The van der Waals surface area contributed by atoms with E-state index in [0.717, 1.165) is 10.6 Å². The van der Waals surface area contributed by atoms with Gasteiger partial charge in [0.05, 0.1) is 23.5 Å². The largest absolute Gasteiger partial charge is 0.484 e. The van der Waals surface area contributed by atoms with Gasteiger partial charge in [-0.15, -0.1) is 0 Å². The molecule has 0 saturated carbocycles. The highest BCUT2D eigenvalue weighted by atomic mass is 35.5. The number of anilines is 1. The van der Waals surface area contributed by atoms with Crippen molar-refractivity contribution in [3.8, 4) is 17.1 Å². The van der Waals surface area contributed by atoms with E-state index in [-0.39, 0.29) is 24.9 Å². The Morgan fingerprint density at radius 3 is 2.45 bits per heavy atom. The number of likely N-dealkylation sites (N-methyl/N-ethyl adjacent to an activating group) is 1. The highest BCUT2D eigenvalue weighted by Gasteiger charge is 2.17. The van der Waals surface area contributed by atoms with E-state index >= 15 is 0 Å². The smallest absolute Gasteiger partial charge is 0.260 e. The summed E-state index contributed by atoms with van der Waals surface area (Å²) < 4.78 is 35.0. The van der Waals surface area contributed by atoms with Gasteiger partial charge in [0.2, 0.25) is 21.7 Å². The zero-order chi connectivity index (χ0) is 22.6. The molecule has 3 aromatic rings. The monoisotopic (exact) mass is 464 g/mol. The Morgan fingerprint density at radius 2 is 1.81 bits per heavy atom. The average Bonchev–Trinajstić information content (AvgIpc) is 3.19. The summed E-state index contributed by atoms with van der Waals surface area (Å²) in [5, 5.41) is 4.41. The molecular weight excluding hydrogens is 444 g/mol. The van der Waals surface area contributed by atoms with Crippen LogP contribution in [0.1, 0.15) is 5.89 Å². The molecule has 2 aromatic carbocycles. The molecule has 0 atom stereocenters. The van der Waals surface area contributed by atoms with E-state index in [9.17, 15) is 13.2 Å². The summed E-state index contributed by atoms with van der Waals surface area (Å²) in [6, 6.07) is 13.5. The van der Waals surface area contributed by atoms with Gasteiger partial charge in [0, 0.05) is 19.7 Å². The number of carbonyl (C=O) groups is 1. The summed E-state index contributed by atoms with van der Waals surface area (Å²) in [7, 11) is -0.300. The summed E-state index contributed by atoms with van der Waals surface area (Å²) >= 11 is 6.14. The highest BCUT2D eigenvalue weighted by molar-refractivity contribution is 7.92. The number of ether oxygens (including phenoxy) is 1. The molecule has 164 valence electrons. The van der Waals surface area contributed by atoms with Crippen LogP contribution in [0.4, 0.5) is 5.69 Å². The lowest BCUT2D eigenvalue weighted by molar-refractivity contribution is -0.132. The van der Waals surface area contributed by atoms with E-state index in [4.69, 9.17) is 20.9 Å². The van der Waals surface area contributed by atoms with Crippen LogP contribution in [0.5, 0.6) is 5.75 Å². The lowest BCUT2D eigenvalue weighted by atomic mass is 10.2. The minimum absolute atomic E-state index is 0.109. The van der Waals surface area contributed by atoms with Gasteiger partial charge in [-0.2, -0.15) is 4.98 Å². The Bertz CT molecular complexity index is 1160. The summed E-state index contributed by atoms with van der Waals surface area (Å²) in [5.41, 5.74) is 1.13. The Morgan fingerprint density at radius 1 is 1.13 bits per heavy atom. The lowest BCUT2D eigenvalue weighted by Gasteiger charge is -2.17. The molecule has 11 heteroatoms. The van der Waals surface area contributed by atoms with Gasteiger partial charge in [-0.05, 0) is 36.4 Å². The zero-order valence-electron chi connectivity index (χ0n) is 17.1. The third-order valence-electron chi connectivity index (χ3n) is 4.44. The predicted molar refractivity (Wildman–Crippen MR) is 116 cm³/mol. The molecular formula is C20H21ClN4O5S. The molecule has 0 N–H and O–H groups in total. The van der Waals surface area contributed by atoms with Crippen LogP contribution < -0.4 is 9.04 Å². The lowest BCUT2D eigenvalue weighted by Crippen LogP contribution is -2.31. The minimum Gasteiger partial charge on any atom is -0.484 e. The first kappa shape index (κ1) is 22.6. The maximum Gasteiger partial charge on any atom is 0.260 e. The Labute approximate surface area is 185 Å². The Kier molecular flexibility index (Phi) is 6.81. The van der Waals surface area contributed by atoms with Crippen molar-refractivity contribution in [1.29, 1.82) is 0 Å². The van der Waals surface area contributed by atoms with Crippen molar-refractivity contribution < 1.29 is 22.5 Å². The Hall–Kier alpha value is -3.11. The number of carbonyl (C=O) groups excluding carboxylic acids is 1. The van der Waals surface area contributed by atoms with Crippen molar-refractivity contribution in [3.63, 3.8) is 0 Å². The molecule has 31 heavy (non-hydrogen) atoms. The summed E-state index contributed by atoms with van der Waals surface area (Å²) in [6.45, 7) is -0.0962. The molecule has 0 saturated heterocycles. The number of rotatable bonds is 8. The standard InChI is InChI=1S/C20H21ClN4O5S/c1-24(12-18-22-20(23-30-18)16-6-4-5-7-17(16)21)19(26)13-29-15-10-8-14(9-11-15)25(2)31(3,27)28/h4-11H,12-13H2,1-3H3. The third-order valence-corrected chi connectivity index (χ3v) is 5.98. The molecule has 1 aromatic heterocycles. The first-order valence-electron chi connectivity index (χ1n) is 9.13. The van der Waals surface area contributed by atoms with Crippen molar-refractivity contribution in [1.82, 2.24) is 15.0 Å². The van der Waals surface area contributed by atoms with Crippen LogP contribution in [0.15, 0.2) is 53.1 Å². The van der Waals surface area contributed by atoms with E-state index < -0.39 is 10.0 Å². The van der Waals surface area contributed by atoms with Crippen molar-refractivity contribution >= 4 is 33.2 Å². The molecule has 0 aliphatic heterocycles. The van der Waals surface area contributed by atoms with Gasteiger partial charge in [0.1, 0.15) is 5.75 Å². The fraction of sp³-hybridized carbons (Fsp3) is 0.250. The van der Waals surface area contributed by atoms with Crippen LogP contribution in [0, 0.1) is 0 Å². The van der Waals surface area contributed by atoms with E-state index in [1.54, 1.807) is 49.5 Å². The summed E-state index contributed by atoms with van der Waals surface area (Å²) in [6.07, 6.45) is 1.12. The SMILES string of the molecule is CN(Cc1nc(-c2ccccc2Cl)no1)C(=O)COc1ccc(N(C)S(C)(=O)=O)cc1. The number of aromatic nitrogens is 2. The van der Waals surface area contributed by atoms with Gasteiger partial charge < -0.3 is 14.2 Å². The number of benzene rings is 2. The first-order valence-corrected chi connectivity index (χ1v) is 11.4. The summed E-state index contributed by atoms with van der Waals surface area (Å²) in [4.78, 5) is 18.0. The number of hydrogen-bond donors (Lipinski definition) is 0. The number of sulfonamides is 1. The van der Waals surface area contributed by atoms with Crippen LogP contribution in [0.3, 0.4) is 0 Å². The molecule has 0 bridgehead atoms. The molecule has 0 radical (unpaired) electrons. The van der Waals surface area contributed by atoms with Crippen LogP contribution in [-0.2, 0) is 21.4 Å². The molecule has 0 aliphatic carbocycles. The van der Waals surface area contributed by atoms with E-state index in [0.29, 0.717) is 27.8 Å². The van der Waals surface area contributed by atoms with Gasteiger partial charge in [-0.3, -0.25) is 9.10 Å². The number of halogens is 1. The van der Waals surface area contributed by atoms with Crippen LogP contribution in [0.25, 0.3) is 11.4 Å². The third kappa shape index (κ3) is 5.74. The highest BCUT2D eigenvalue weighted by Crippen LogP contribution is 2.25. The second kappa shape index (κ2) is 9.36. The second-order valence-electron chi connectivity index (χ2n) is 6.75. The van der Waals surface area contributed by atoms with Gasteiger partial charge >= 0.3 is 0 Å². The minimum atomic E-state index is -3.35. The van der Waals surface area contributed by atoms with Crippen molar-refractivity contribution in [3.05, 3.63) is 59.4 Å². The topological polar surface area (TPSA) is 106 Å². The molecule has 0 unspecified atom stereocenters. The molecule has 0 fully saturated rings. The van der Waals surface area contributed by atoms with Gasteiger partial charge in [-0.25, -0.2) is 8.42 Å². The quantitative estimate of drug-likeness (QED) is 0.504. The second-order valence-corrected chi connectivity index (χ2v) is 9.18. The van der Waals surface area contributed by atoms with Crippen LogP contribution in [0.2, 0.25) is 5.02 Å². The van der Waals surface area contributed by atoms with Crippen molar-refractivity contribution in [2.45, 2.75) is 6.54 Å². The molecule has 0 spiro atoms. The zero-order valence-corrected chi connectivity index (χ0v) is 18.7. The first-order chi connectivity index (χ1) is 14.6. The van der Waals surface area contributed by atoms with Gasteiger partial charge in [0.25, 0.3) is 5.91 Å². The molecule has 1 heterocycles. The maximum atomic E-state index is 12.4. The summed E-state index contributed by atoms with van der Waals surface area (Å²) in [5.74, 6) is 0.747. The molecule has 9 nitrogen and oxygen atoms in total. The van der Waals surface area contributed by atoms with Crippen LogP contribution >= 0.6 is 11.6 Å². The predicted octanol–water partition coefficient (Wildman–Crippen LogP) is 2.82. The fourth-order valence-electron chi connectivity index (χ4n) is 2.56. The molecule has 1 amide bonds. The fourth-order valence-corrected chi connectivity index (χ4v) is 3.29. The van der Waals surface area contributed by atoms with E-state index in [1.807, 2.05) is 6.07 Å². The Balaban J connectivity index is 1.55. The normalized spacial score (nSPS) is 11.2. The maximum absolute atomic E-state index is 12.4. The van der Waals surface area contributed by atoms with Crippen molar-refractivity contribution in [2.24, 2.45) is 0 Å². The van der Waals surface area contributed by atoms with Gasteiger partial charge in [-0.1, -0.05) is 28.9 Å². The van der Waals surface area contributed by atoms with Crippen molar-refractivity contribution in [2.75, 3.05) is 31.3 Å². The van der Waals surface area contributed by atoms with Crippen LogP contribution in [-0.4, -0.2) is 56.3 Å². The number of hydrogen-bond acceptors (Lipinski definition) is 7. The number of amides is 1. The van der Waals surface area contributed by atoms with Gasteiger partial charge in [0.15, 0.2) is 6.61 Å². The van der Waals surface area contributed by atoms with E-state index in [2.05, 4.69) is 10.1 Å². The average molecular weight is 465 g/mol. The molecule has 0 aliphatic rings. The number of nitrogens with zero attached hydrogens (tertiary/aromatic N) is 4. The van der Waals surface area contributed by atoms with E-state index in [1.165, 1.54) is 11.9 Å².